The third kappa shape index (κ3) is 7.23. The lowest BCUT2D eigenvalue weighted by Gasteiger charge is -2.36. The molecule has 1 aliphatic heterocycles. The highest BCUT2D eigenvalue weighted by molar-refractivity contribution is 14.0. The molecule has 0 radical (unpaired) electrons. The quantitative estimate of drug-likeness (QED) is 0.335. The van der Waals surface area contributed by atoms with E-state index in [4.69, 9.17) is 4.74 Å². The van der Waals surface area contributed by atoms with Gasteiger partial charge in [0.05, 0.1) is 4.75 Å². The maximum atomic E-state index is 12.3. The minimum absolute atomic E-state index is 0. The molecule has 1 unspecified atom stereocenters. The Morgan fingerprint density at radius 2 is 1.89 bits per heavy atom. The van der Waals surface area contributed by atoms with Crippen LogP contribution >= 0.6 is 24.0 Å². The molecule has 0 spiro atoms. The molecule has 1 atom stereocenters. The van der Waals surface area contributed by atoms with Crippen LogP contribution in [-0.2, 0) is 21.0 Å². The molecule has 1 saturated heterocycles. The van der Waals surface area contributed by atoms with Gasteiger partial charge < -0.3 is 15.4 Å². The first-order valence-corrected chi connectivity index (χ1v) is 11.0. The predicted molar refractivity (Wildman–Crippen MR) is 122 cm³/mol. The van der Waals surface area contributed by atoms with Gasteiger partial charge in [-0.2, -0.15) is 0 Å². The van der Waals surface area contributed by atoms with Gasteiger partial charge >= 0.3 is 0 Å². The van der Waals surface area contributed by atoms with Crippen molar-refractivity contribution in [3.05, 3.63) is 35.9 Å². The van der Waals surface area contributed by atoms with E-state index in [1.54, 1.807) is 7.05 Å². The average molecular weight is 509 g/mol. The van der Waals surface area contributed by atoms with Gasteiger partial charge in [-0.05, 0) is 38.2 Å². The summed E-state index contributed by atoms with van der Waals surface area (Å²) in [5.41, 5.74) is 1.31. The Labute approximate surface area is 180 Å². The second kappa shape index (κ2) is 11.2. The summed E-state index contributed by atoms with van der Waals surface area (Å²) >= 11 is 0. The average Bonchev–Trinajstić information content (AvgIpc) is 2.64. The van der Waals surface area contributed by atoms with Crippen LogP contribution in [0.4, 0.5) is 0 Å². The lowest BCUT2D eigenvalue weighted by molar-refractivity contribution is 0.0756. The van der Waals surface area contributed by atoms with E-state index >= 15 is 0 Å². The molecule has 6 nitrogen and oxygen atoms in total. The van der Waals surface area contributed by atoms with Gasteiger partial charge in [0.1, 0.15) is 0 Å². The van der Waals surface area contributed by atoms with Gasteiger partial charge in [-0.1, -0.05) is 30.3 Å². The first kappa shape index (κ1) is 24.2. The Bertz CT molecular complexity index is 689. The van der Waals surface area contributed by atoms with Crippen molar-refractivity contribution in [2.75, 3.05) is 33.1 Å². The van der Waals surface area contributed by atoms with Crippen LogP contribution in [0.1, 0.15) is 31.7 Å². The molecule has 1 aromatic rings. The summed E-state index contributed by atoms with van der Waals surface area (Å²) in [6, 6.07) is 10.6. The maximum Gasteiger partial charge on any atom is 0.191 e. The van der Waals surface area contributed by atoms with Crippen LogP contribution in [0.5, 0.6) is 0 Å². The molecule has 8 heteroatoms. The van der Waals surface area contributed by atoms with Gasteiger partial charge in [-0.3, -0.25) is 4.99 Å². The fraction of sp³-hybridized carbons (Fsp3) is 0.632. The number of halogens is 1. The van der Waals surface area contributed by atoms with E-state index in [1.807, 2.05) is 18.2 Å². The Morgan fingerprint density at radius 3 is 2.44 bits per heavy atom. The largest absolute Gasteiger partial charge is 0.381 e. The van der Waals surface area contributed by atoms with E-state index in [1.165, 1.54) is 11.8 Å². The van der Waals surface area contributed by atoms with Crippen LogP contribution in [-0.4, -0.2) is 58.2 Å². The number of benzene rings is 1. The number of guanidine groups is 1. The van der Waals surface area contributed by atoms with Gasteiger partial charge in [0.25, 0.3) is 0 Å². The first-order chi connectivity index (χ1) is 12.4. The fourth-order valence-corrected chi connectivity index (χ4v) is 4.44. The number of nitrogens with zero attached hydrogens (tertiary/aromatic N) is 1. The zero-order valence-electron chi connectivity index (χ0n) is 16.4. The van der Waals surface area contributed by atoms with Crippen molar-refractivity contribution < 1.29 is 13.2 Å². The number of rotatable bonds is 7. The van der Waals surface area contributed by atoms with E-state index < -0.39 is 14.6 Å². The van der Waals surface area contributed by atoms with Gasteiger partial charge in [0, 0.05) is 39.1 Å². The number of nitrogens with one attached hydrogen (secondary N) is 2. The summed E-state index contributed by atoms with van der Waals surface area (Å²) in [6.07, 6.45) is 4.30. The van der Waals surface area contributed by atoms with Crippen molar-refractivity contribution in [2.24, 2.45) is 4.99 Å². The third-order valence-electron chi connectivity index (χ3n) is 5.08. The third-order valence-corrected chi connectivity index (χ3v) is 7.21. The summed E-state index contributed by atoms with van der Waals surface area (Å²) in [7, 11) is -1.49. The molecule has 1 aliphatic rings. The molecule has 2 rings (SSSR count). The van der Waals surface area contributed by atoms with Crippen molar-refractivity contribution in [3.8, 4) is 0 Å². The van der Waals surface area contributed by atoms with Crippen molar-refractivity contribution in [1.82, 2.24) is 10.6 Å². The highest BCUT2D eigenvalue weighted by Gasteiger charge is 2.42. The lowest BCUT2D eigenvalue weighted by Crippen LogP contribution is -2.54. The van der Waals surface area contributed by atoms with E-state index in [9.17, 15) is 8.42 Å². The Kier molecular flexibility index (Phi) is 10.0. The standard InChI is InChI=1S/C19H31N3O3S.HI/c1-16(9-10-17-7-5-4-6-8-17)22-18(20-2)21-15-19(26(3,23)24)11-13-25-14-12-19;/h4-8,16H,9-15H2,1-3H3,(H2,20,21,22);1H. The SMILES string of the molecule is CN=C(NCC1(S(C)(=O)=O)CCOCC1)NC(C)CCc1ccccc1.I. The second-order valence-corrected chi connectivity index (χ2v) is 9.47. The smallest absolute Gasteiger partial charge is 0.191 e. The molecule has 0 aromatic heterocycles. The van der Waals surface area contributed by atoms with Gasteiger partial charge in [-0.25, -0.2) is 8.42 Å². The molecule has 2 N–H and O–H groups in total. The van der Waals surface area contributed by atoms with E-state index in [2.05, 4.69) is 34.7 Å². The molecule has 1 heterocycles. The molecular formula is C19H32IN3O3S. The molecule has 1 fully saturated rings. The number of hydrogen-bond donors (Lipinski definition) is 2. The fourth-order valence-electron chi connectivity index (χ4n) is 3.19. The Morgan fingerprint density at radius 1 is 1.26 bits per heavy atom. The summed E-state index contributed by atoms with van der Waals surface area (Å²) in [5, 5.41) is 6.58. The number of sulfone groups is 1. The Hall–Kier alpha value is -0.870. The van der Waals surface area contributed by atoms with E-state index in [-0.39, 0.29) is 30.0 Å². The minimum atomic E-state index is -3.19. The van der Waals surface area contributed by atoms with Crippen molar-refractivity contribution in [2.45, 2.75) is 43.4 Å². The van der Waals surface area contributed by atoms with E-state index in [0.29, 0.717) is 38.6 Å². The molecule has 0 bridgehead atoms. The van der Waals surface area contributed by atoms with Crippen LogP contribution in [0.3, 0.4) is 0 Å². The molecule has 0 aliphatic carbocycles. The zero-order valence-corrected chi connectivity index (χ0v) is 19.5. The second-order valence-electron chi connectivity index (χ2n) is 7.06. The van der Waals surface area contributed by atoms with Crippen molar-refractivity contribution >= 4 is 39.8 Å². The summed E-state index contributed by atoms with van der Waals surface area (Å²) < 4.78 is 29.2. The normalized spacial score (nSPS) is 18.3. The molecule has 27 heavy (non-hydrogen) atoms. The van der Waals surface area contributed by atoms with Crippen LogP contribution in [0.25, 0.3) is 0 Å². The number of hydrogen-bond acceptors (Lipinski definition) is 4. The summed E-state index contributed by atoms with van der Waals surface area (Å²) in [4.78, 5) is 4.25. The topological polar surface area (TPSA) is 79.8 Å². The highest BCUT2D eigenvalue weighted by atomic mass is 127. The molecule has 0 saturated carbocycles. The zero-order chi connectivity index (χ0) is 19.0. The van der Waals surface area contributed by atoms with Crippen LogP contribution in [0.2, 0.25) is 0 Å². The highest BCUT2D eigenvalue weighted by Crippen LogP contribution is 2.28. The molecule has 0 amide bonds. The van der Waals surface area contributed by atoms with Crippen molar-refractivity contribution in [3.63, 3.8) is 0 Å². The Balaban J connectivity index is 0.00000364. The van der Waals surface area contributed by atoms with E-state index in [0.717, 1.165) is 12.8 Å². The van der Waals surface area contributed by atoms with Gasteiger partial charge in [0.2, 0.25) is 0 Å². The lowest BCUT2D eigenvalue weighted by atomic mass is 9.99. The predicted octanol–water partition coefficient (Wildman–Crippen LogP) is 2.38. The monoisotopic (exact) mass is 509 g/mol. The first-order valence-electron chi connectivity index (χ1n) is 9.15. The minimum Gasteiger partial charge on any atom is -0.381 e. The van der Waals surface area contributed by atoms with Crippen LogP contribution < -0.4 is 10.6 Å². The summed E-state index contributed by atoms with van der Waals surface area (Å²) in [6.45, 7) is 3.42. The maximum absolute atomic E-state index is 12.3. The van der Waals surface area contributed by atoms with Crippen molar-refractivity contribution in [1.29, 1.82) is 0 Å². The van der Waals surface area contributed by atoms with Crippen LogP contribution in [0, 0.1) is 0 Å². The van der Waals surface area contributed by atoms with Gasteiger partial charge in [-0.15, -0.1) is 24.0 Å². The molecule has 154 valence electrons. The summed E-state index contributed by atoms with van der Waals surface area (Å²) in [5.74, 6) is 0.639. The van der Waals surface area contributed by atoms with Crippen LogP contribution in [0.15, 0.2) is 35.3 Å². The molecule has 1 aromatic carbocycles. The molecular weight excluding hydrogens is 477 g/mol. The number of ether oxygens (including phenoxy) is 1. The number of aliphatic imine (C=N–C) groups is 1. The van der Waals surface area contributed by atoms with Gasteiger partial charge in [0.15, 0.2) is 15.8 Å². The number of aryl methyl sites for hydroxylation is 1.